The lowest BCUT2D eigenvalue weighted by Crippen LogP contribution is -1.92. The molecule has 0 unspecified atom stereocenters. The van der Waals surface area contributed by atoms with Crippen LogP contribution >= 0.6 is 20.5 Å². The van der Waals surface area contributed by atoms with Crippen molar-refractivity contribution >= 4 is 20.5 Å². The van der Waals surface area contributed by atoms with Gasteiger partial charge < -0.3 is 9.79 Å². The molecule has 0 bridgehead atoms. The van der Waals surface area contributed by atoms with E-state index in [9.17, 15) is 4.57 Å². The van der Waals surface area contributed by atoms with E-state index in [2.05, 4.69) is 17.2 Å². The summed E-state index contributed by atoms with van der Waals surface area (Å²) in [6.45, 7) is 0.166. The van der Waals surface area contributed by atoms with Crippen LogP contribution in [0.15, 0.2) is 0 Å². The standard InChI is InChI=1S/C17H37O4PS/c18-22(19,20)21-16-14-12-10-8-6-4-2-1-3-5-7-9-11-13-15-17-23/h23H,1-17H2,(H2,18,19,20). The van der Waals surface area contributed by atoms with E-state index in [0.29, 0.717) is 0 Å². The Morgan fingerprint density at radius 3 is 1.22 bits per heavy atom. The third-order valence-electron chi connectivity index (χ3n) is 4.06. The van der Waals surface area contributed by atoms with Crippen LogP contribution < -0.4 is 0 Å². The second-order valence-electron chi connectivity index (χ2n) is 6.35. The van der Waals surface area contributed by atoms with Gasteiger partial charge in [0.25, 0.3) is 0 Å². The van der Waals surface area contributed by atoms with E-state index >= 15 is 0 Å². The first-order valence-electron chi connectivity index (χ1n) is 9.37. The molecule has 0 aliphatic heterocycles. The van der Waals surface area contributed by atoms with Crippen molar-refractivity contribution in [3.63, 3.8) is 0 Å². The molecule has 140 valence electrons. The maximum atomic E-state index is 10.5. The third kappa shape index (κ3) is 22.5. The Morgan fingerprint density at radius 1 is 0.609 bits per heavy atom. The third-order valence-corrected chi connectivity index (χ3v) is 4.90. The molecule has 0 aromatic heterocycles. The van der Waals surface area contributed by atoms with Crippen molar-refractivity contribution in [2.45, 2.75) is 96.3 Å². The Labute approximate surface area is 148 Å². The highest BCUT2D eigenvalue weighted by Crippen LogP contribution is 2.35. The Bertz CT molecular complexity index is 284. The number of hydrogen-bond acceptors (Lipinski definition) is 3. The molecule has 0 spiro atoms. The predicted molar refractivity (Wildman–Crippen MR) is 101 cm³/mol. The Hall–Kier alpha value is 0.460. The Balaban J connectivity index is 3.01. The predicted octanol–water partition coefficient (Wildman–Crippen LogP) is 5.88. The lowest BCUT2D eigenvalue weighted by atomic mass is 10.0. The highest BCUT2D eigenvalue weighted by Gasteiger charge is 2.12. The van der Waals surface area contributed by atoms with Crippen molar-refractivity contribution in [1.29, 1.82) is 0 Å². The van der Waals surface area contributed by atoms with E-state index in [-0.39, 0.29) is 6.61 Å². The van der Waals surface area contributed by atoms with Crippen LogP contribution in [0.1, 0.15) is 96.3 Å². The number of rotatable bonds is 18. The van der Waals surface area contributed by atoms with Crippen LogP contribution in [0.25, 0.3) is 0 Å². The fraction of sp³-hybridized carbons (Fsp3) is 1.00. The minimum atomic E-state index is -4.26. The van der Waals surface area contributed by atoms with Gasteiger partial charge in [0.05, 0.1) is 6.61 Å². The summed E-state index contributed by atoms with van der Waals surface area (Å²) in [5.41, 5.74) is 0. The smallest absolute Gasteiger partial charge is 0.303 e. The molecule has 0 amide bonds. The van der Waals surface area contributed by atoms with Crippen molar-refractivity contribution in [2.24, 2.45) is 0 Å². The van der Waals surface area contributed by atoms with Gasteiger partial charge in [-0.3, -0.25) is 4.52 Å². The topological polar surface area (TPSA) is 66.8 Å². The van der Waals surface area contributed by atoms with Gasteiger partial charge in [0, 0.05) is 0 Å². The van der Waals surface area contributed by atoms with Crippen LogP contribution in [0.3, 0.4) is 0 Å². The van der Waals surface area contributed by atoms with Crippen molar-refractivity contribution < 1.29 is 18.9 Å². The van der Waals surface area contributed by atoms with Crippen LogP contribution in [-0.4, -0.2) is 22.1 Å². The average molecular weight is 369 g/mol. The lowest BCUT2D eigenvalue weighted by Gasteiger charge is -2.05. The van der Waals surface area contributed by atoms with E-state index in [0.717, 1.165) is 25.0 Å². The number of phosphoric ester groups is 1. The normalized spacial score (nSPS) is 12.0. The average Bonchev–Trinajstić information content (AvgIpc) is 2.49. The van der Waals surface area contributed by atoms with Gasteiger partial charge in [-0.2, -0.15) is 12.6 Å². The first-order valence-corrected chi connectivity index (χ1v) is 11.5. The van der Waals surface area contributed by atoms with E-state index in [1.807, 2.05) is 0 Å². The number of unbranched alkanes of at least 4 members (excludes halogenated alkanes) is 14. The van der Waals surface area contributed by atoms with Crippen molar-refractivity contribution in [3.8, 4) is 0 Å². The van der Waals surface area contributed by atoms with E-state index in [1.165, 1.54) is 77.0 Å². The fourth-order valence-corrected chi connectivity index (χ4v) is 3.29. The van der Waals surface area contributed by atoms with E-state index in [4.69, 9.17) is 9.79 Å². The van der Waals surface area contributed by atoms with Crippen LogP contribution in [-0.2, 0) is 9.09 Å². The largest absolute Gasteiger partial charge is 0.469 e. The maximum Gasteiger partial charge on any atom is 0.469 e. The van der Waals surface area contributed by atoms with Gasteiger partial charge in [-0.15, -0.1) is 0 Å². The second-order valence-corrected chi connectivity index (χ2v) is 8.04. The molecule has 0 heterocycles. The number of phosphoric acid groups is 1. The lowest BCUT2D eigenvalue weighted by molar-refractivity contribution is 0.193. The van der Waals surface area contributed by atoms with Crippen molar-refractivity contribution in [2.75, 3.05) is 12.4 Å². The molecule has 6 heteroatoms. The molecule has 2 N–H and O–H groups in total. The van der Waals surface area contributed by atoms with Crippen molar-refractivity contribution in [3.05, 3.63) is 0 Å². The molecule has 0 saturated heterocycles. The zero-order valence-corrected chi connectivity index (χ0v) is 16.4. The molecule has 0 aliphatic carbocycles. The Morgan fingerprint density at radius 2 is 0.913 bits per heavy atom. The van der Waals surface area contributed by atoms with Crippen LogP contribution in [0.2, 0.25) is 0 Å². The van der Waals surface area contributed by atoms with Crippen LogP contribution in [0, 0.1) is 0 Å². The highest BCUT2D eigenvalue weighted by atomic mass is 32.1. The quantitative estimate of drug-likeness (QED) is 0.161. The SMILES string of the molecule is O=P(O)(O)OCCCCCCCCCCCCCCCCCS. The fourth-order valence-electron chi connectivity index (χ4n) is 2.70. The zero-order chi connectivity index (χ0) is 17.2. The summed E-state index contributed by atoms with van der Waals surface area (Å²) in [5.74, 6) is 1.03. The summed E-state index contributed by atoms with van der Waals surface area (Å²) < 4.78 is 14.9. The summed E-state index contributed by atoms with van der Waals surface area (Å²) in [7, 11) is -4.26. The van der Waals surface area contributed by atoms with Crippen LogP contribution in [0.4, 0.5) is 0 Å². The van der Waals surface area contributed by atoms with Gasteiger partial charge in [-0.25, -0.2) is 4.57 Å². The van der Waals surface area contributed by atoms with E-state index in [1.54, 1.807) is 0 Å². The number of hydrogen-bond donors (Lipinski definition) is 3. The van der Waals surface area contributed by atoms with Gasteiger partial charge in [-0.05, 0) is 18.6 Å². The summed E-state index contributed by atoms with van der Waals surface area (Å²) in [4.78, 5) is 17.1. The van der Waals surface area contributed by atoms with Crippen LogP contribution in [0.5, 0.6) is 0 Å². The second kappa shape index (κ2) is 17.3. The summed E-state index contributed by atoms with van der Waals surface area (Å²) in [6.07, 6.45) is 18.9. The molecule has 0 aliphatic rings. The molecule has 0 saturated carbocycles. The summed E-state index contributed by atoms with van der Waals surface area (Å²) in [6, 6.07) is 0. The molecule has 0 aromatic carbocycles. The van der Waals surface area contributed by atoms with Gasteiger partial charge in [-0.1, -0.05) is 83.5 Å². The molecule has 23 heavy (non-hydrogen) atoms. The molecule has 4 nitrogen and oxygen atoms in total. The number of thiol groups is 1. The summed E-state index contributed by atoms with van der Waals surface area (Å²) >= 11 is 4.22. The summed E-state index contributed by atoms with van der Waals surface area (Å²) in [5, 5.41) is 0. The highest BCUT2D eigenvalue weighted by molar-refractivity contribution is 7.80. The van der Waals surface area contributed by atoms with Gasteiger partial charge in [0.2, 0.25) is 0 Å². The molecule has 0 atom stereocenters. The van der Waals surface area contributed by atoms with Gasteiger partial charge in [0.15, 0.2) is 0 Å². The van der Waals surface area contributed by atoms with Gasteiger partial charge in [0.1, 0.15) is 0 Å². The molecular formula is C17H37O4PS. The monoisotopic (exact) mass is 368 g/mol. The zero-order valence-electron chi connectivity index (χ0n) is 14.6. The molecule has 0 aromatic rings. The minimum absolute atomic E-state index is 0.166. The molecular weight excluding hydrogens is 331 g/mol. The first-order chi connectivity index (χ1) is 11.1. The van der Waals surface area contributed by atoms with E-state index < -0.39 is 7.82 Å². The maximum absolute atomic E-state index is 10.5. The minimum Gasteiger partial charge on any atom is -0.303 e. The molecule has 0 radical (unpaired) electrons. The Kier molecular flexibility index (Phi) is 17.6. The first kappa shape index (κ1) is 23.5. The van der Waals surface area contributed by atoms with Gasteiger partial charge >= 0.3 is 7.82 Å². The molecule has 0 rings (SSSR count). The van der Waals surface area contributed by atoms with Crippen molar-refractivity contribution in [1.82, 2.24) is 0 Å². The molecule has 0 fully saturated rings.